The molecule has 2 unspecified atom stereocenters. The van der Waals surface area contributed by atoms with Crippen LogP contribution < -0.4 is 10.6 Å². The Bertz CT molecular complexity index is 297. The van der Waals surface area contributed by atoms with Crippen LogP contribution in [0.1, 0.15) is 47.0 Å². The first-order valence-corrected chi connectivity index (χ1v) is 8.68. The molecule has 0 bridgehead atoms. The highest BCUT2D eigenvalue weighted by Gasteiger charge is 2.20. The maximum Gasteiger partial charge on any atom is 0.190 e. The van der Waals surface area contributed by atoms with Crippen LogP contribution in [0.25, 0.3) is 0 Å². The molecule has 22 heavy (non-hydrogen) atoms. The highest BCUT2D eigenvalue weighted by atomic mass is 127. The lowest BCUT2D eigenvalue weighted by Crippen LogP contribution is -2.40. The third kappa shape index (κ3) is 9.87. The molecule has 2 N–H and O–H groups in total. The predicted molar refractivity (Wildman–Crippen MR) is 108 cm³/mol. The van der Waals surface area contributed by atoms with E-state index in [4.69, 9.17) is 0 Å². The maximum atomic E-state index is 4.25. The van der Waals surface area contributed by atoms with Crippen LogP contribution in [-0.2, 0) is 0 Å². The number of unbranched alkanes of at least 4 members (excludes halogenated alkanes) is 1. The number of aliphatic imine (C=N–C) groups is 1. The predicted octanol–water partition coefficient (Wildman–Crippen LogP) is 3.18. The summed E-state index contributed by atoms with van der Waals surface area (Å²) in [6.45, 7) is 15.0. The van der Waals surface area contributed by atoms with Crippen molar-refractivity contribution in [3.05, 3.63) is 0 Å². The molecule has 0 spiro atoms. The van der Waals surface area contributed by atoms with Gasteiger partial charge in [-0.15, -0.1) is 24.0 Å². The van der Waals surface area contributed by atoms with Gasteiger partial charge >= 0.3 is 0 Å². The van der Waals surface area contributed by atoms with Gasteiger partial charge in [0.05, 0.1) is 0 Å². The number of likely N-dealkylation sites (tertiary alicyclic amines) is 1. The summed E-state index contributed by atoms with van der Waals surface area (Å²) in [4.78, 5) is 6.89. The summed E-state index contributed by atoms with van der Waals surface area (Å²) in [6.07, 6.45) is 3.88. The SMILES string of the molecule is CN=C(NCCCCN1CC(C)CC(C)C1)NCC(C)C.I. The lowest BCUT2D eigenvalue weighted by atomic mass is 9.92. The highest BCUT2D eigenvalue weighted by molar-refractivity contribution is 14.0. The normalized spacial score (nSPS) is 23.3. The first kappa shape index (κ1) is 22.0. The Morgan fingerprint density at radius 3 is 2.32 bits per heavy atom. The van der Waals surface area contributed by atoms with Crippen LogP contribution >= 0.6 is 24.0 Å². The van der Waals surface area contributed by atoms with Crippen molar-refractivity contribution >= 4 is 29.9 Å². The van der Waals surface area contributed by atoms with E-state index in [0.717, 1.165) is 30.9 Å². The van der Waals surface area contributed by atoms with Crippen LogP contribution in [0.4, 0.5) is 0 Å². The van der Waals surface area contributed by atoms with Crippen molar-refractivity contribution in [3.63, 3.8) is 0 Å². The van der Waals surface area contributed by atoms with Crippen LogP contribution in [0.15, 0.2) is 4.99 Å². The number of halogens is 1. The largest absolute Gasteiger partial charge is 0.356 e. The Morgan fingerprint density at radius 2 is 1.77 bits per heavy atom. The minimum absolute atomic E-state index is 0. The molecule has 1 saturated heterocycles. The summed E-state index contributed by atoms with van der Waals surface area (Å²) < 4.78 is 0. The monoisotopic (exact) mass is 424 g/mol. The van der Waals surface area contributed by atoms with E-state index >= 15 is 0 Å². The molecule has 0 aromatic heterocycles. The lowest BCUT2D eigenvalue weighted by Gasteiger charge is -2.34. The molecule has 1 aliphatic rings. The molecule has 1 fully saturated rings. The zero-order valence-electron chi connectivity index (χ0n) is 15.2. The molecule has 2 atom stereocenters. The van der Waals surface area contributed by atoms with Crippen molar-refractivity contribution in [1.82, 2.24) is 15.5 Å². The van der Waals surface area contributed by atoms with Crippen molar-refractivity contribution in [2.45, 2.75) is 47.0 Å². The molecule has 5 heteroatoms. The number of nitrogens with zero attached hydrogens (tertiary/aromatic N) is 2. The van der Waals surface area contributed by atoms with Crippen molar-refractivity contribution in [2.24, 2.45) is 22.7 Å². The van der Waals surface area contributed by atoms with Gasteiger partial charge in [-0.05, 0) is 43.6 Å². The Balaban J connectivity index is 0.00000441. The Labute approximate surface area is 154 Å². The van der Waals surface area contributed by atoms with E-state index in [1.54, 1.807) is 0 Å². The highest BCUT2D eigenvalue weighted by Crippen LogP contribution is 2.20. The van der Waals surface area contributed by atoms with Gasteiger partial charge in [0.25, 0.3) is 0 Å². The Morgan fingerprint density at radius 1 is 1.14 bits per heavy atom. The molecule has 0 radical (unpaired) electrons. The molecule has 132 valence electrons. The molecule has 0 aromatic carbocycles. The summed E-state index contributed by atoms with van der Waals surface area (Å²) in [6, 6.07) is 0. The van der Waals surface area contributed by atoms with E-state index in [9.17, 15) is 0 Å². The van der Waals surface area contributed by atoms with Gasteiger partial charge < -0.3 is 15.5 Å². The van der Waals surface area contributed by atoms with Crippen molar-refractivity contribution in [2.75, 3.05) is 39.8 Å². The van der Waals surface area contributed by atoms with Gasteiger partial charge in [0.1, 0.15) is 0 Å². The average Bonchev–Trinajstić information content (AvgIpc) is 2.40. The van der Waals surface area contributed by atoms with Crippen molar-refractivity contribution in [1.29, 1.82) is 0 Å². The van der Waals surface area contributed by atoms with E-state index < -0.39 is 0 Å². The summed E-state index contributed by atoms with van der Waals surface area (Å²) in [5, 5.41) is 6.75. The van der Waals surface area contributed by atoms with Gasteiger partial charge in [-0.1, -0.05) is 27.7 Å². The van der Waals surface area contributed by atoms with E-state index in [1.165, 1.54) is 38.9 Å². The third-order valence-electron chi connectivity index (χ3n) is 4.04. The molecule has 1 heterocycles. The summed E-state index contributed by atoms with van der Waals surface area (Å²) in [7, 11) is 1.84. The summed E-state index contributed by atoms with van der Waals surface area (Å²) in [5.41, 5.74) is 0. The lowest BCUT2D eigenvalue weighted by molar-refractivity contribution is 0.139. The number of rotatable bonds is 7. The van der Waals surface area contributed by atoms with Gasteiger partial charge in [0.2, 0.25) is 0 Å². The second-order valence-electron chi connectivity index (χ2n) is 7.19. The third-order valence-corrected chi connectivity index (χ3v) is 4.04. The van der Waals surface area contributed by atoms with Gasteiger partial charge in [-0.3, -0.25) is 4.99 Å². The number of nitrogens with one attached hydrogen (secondary N) is 2. The molecule has 0 aromatic rings. The minimum atomic E-state index is 0. The Hall–Kier alpha value is -0.0400. The maximum absolute atomic E-state index is 4.25. The first-order chi connectivity index (χ1) is 10.0. The van der Waals surface area contributed by atoms with Gasteiger partial charge in [0.15, 0.2) is 5.96 Å². The van der Waals surface area contributed by atoms with Crippen molar-refractivity contribution < 1.29 is 0 Å². The zero-order valence-corrected chi connectivity index (χ0v) is 17.5. The molecule has 0 saturated carbocycles. The molecule has 0 amide bonds. The fourth-order valence-electron chi connectivity index (χ4n) is 3.16. The average molecular weight is 424 g/mol. The Kier molecular flexibility index (Phi) is 12.4. The zero-order chi connectivity index (χ0) is 15.7. The minimum Gasteiger partial charge on any atom is -0.356 e. The fourth-order valence-corrected chi connectivity index (χ4v) is 3.16. The van der Waals surface area contributed by atoms with E-state index in [-0.39, 0.29) is 24.0 Å². The van der Waals surface area contributed by atoms with Crippen LogP contribution in [-0.4, -0.2) is 50.6 Å². The van der Waals surface area contributed by atoms with Crippen LogP contribution in [0.3, 0.4) is 0 Å². The number of guanidine groups is 1. The molecule has 0 aliphatic carbocycles. The standard InChI is InChI=1S/C17H36N4.HI/c1-14(2)11-20-17(18-5)19-8-6-7-9-21-12-15(3)10-16(4)13-21;/h14-16H,6-13H2,1-5H3,(H2,18,19,20);1H. The number of hydrogen-bond acceptors (Lipinski definition) is 2. The molecular weight excluding hydrogens is 387 g/mol. The second-order valence-corrected chi connectivity index (χ2v) is 7.19. The van der Waals surface area contributed by atoms with Crippen LogP contribution in [0.2, 0.25) is 0 Å². The van der Waals surface area contributed by atoms with E-state index in [1.807, 2.05) is 7.05 Å². The van der Waals surface area contributed by atoms with Crippen molar-refractivity contribution in [3.8, 4) is 0 Å². The second kappa shape index (κ2) is 12.4. The van der Waals surface area contributed by atoms with Gasteiger partial charge in [-0.2, -0.15) is 0 Å². The number of piperidine rings is 1. The topological polar surface area (TPSA) is 39.7 Å². The number of hydrogen-bond donors (Lipinski definition) is 2. The van der Waals surface area contributed by atoms with E-state index in [0.29, 0.717) is 5.92 Å². The fraction of sp³-hybridized carbons (Fsp3) is 0.941. The van der Waals surface area contributed by atoms with E-state index in [2.05, 4.69) is 48.2 Å². The van der Waals surface area contributed by atoms with Crippen LogP contribution in [0.5, 0.6) is 0 Å². The first-order valence-electron chi connectivity index (χ1n) is 8.68. The summed E-state index contributed by atoms with van der Waals surface area (Å²) >= 11 is 0. The van der Waals surface area contributed by atoms with Gasteiger partial charge in [-0.25, -0.2) is 0 Å². The molecular formula is C17H37IN4. The smallest absolute Gasteiger partial charge is 0.190 e. The quantitative estimate of drug-likeness (QED) is 0.286. The van der Waals surface area contributed by atoms with Gasteiger partial charge in [0, 0.05) is 33.2 Å². The van der Waals surface area contributed by atoms with Crippen LogP contribution in [0, 0.1) is 17.8 Å². The molecule has 1 rings (SSSR count). The molecule has 4 nitrogen and oxygen atoms in total. The summed E-state index contributed by atoms with van der Waals surface area (Å²) in [5.74, 6) is 3.31. The molecule has 1 aliphatic heterocycles.